The maximum Gasteiger partial charge on any atom is 0.460 e. The van der Waals surface area contributed by atoms with E-state index in [-0.39, 0.29) is 13.1 Å². The molecule has 1 fully saturated rings. The van der Waals surface area contributed by atoms with Gasteiger partial charge < -0.3 is 0 Å². The number of halogens is 3. The predicted octanol–water partition coefficient (Wildman–Crippen LogP) is 3.39. The second-order valence-corrected chi connectivity index (χ2v) is 5.63. The third-order valence-corrected chi connectivity index (χ3v) is 4.04. The zero-order chi connectivity index (χ0) is 16.3. The summed E-state index contributed by atoms with van der Waals surface area (Å²) in [5, 5.41) is 0. The van der Waals surface area contributed by atoms with E-state index in [1.807, 2.05) is 47.4 Å². The van der Waals surface area contributed by atoms with Crippen LogP contribution in [0.4, 0.5) is 13.2 Å². The van der Waals surface area contributed by atoms with Crippen molar-refractivity contribution in [3.63, 3.8) is 0 Å². The Labute approximate surface area is 133 Å². The topological polar surface area (TPSA) is 19.4 Å². The van der Waals surface area contributed by atoms with Crippen molar-refractivity contribution < 1.29 is 13.2 Å². The van der Waals surface area contributed by atoms with Crippen LogP contribution in [0, 0.1) is 0 Å². The van der Waals surface area contributed by atoms with Crippen molar-refractivity contribution in [3.05, 3.63) is 54.4 Å². The number of rotatable bonds is 3. The maximum atomic E-state index is 12.6. The van der Waals surface area contributed by atoms with Crippen molar-refractivity contribution in [1.82, 2.24) is 14.8 Å². The van der Waals surface area contributed by atoms with Gasteiger partial charge in [0.15, 0.2) is 0 Å². The summed E-state index contributed by atoms with van der Waals surface area (Å²) in [7, 11) is 0. The molecule has 0 bridgehead atoms. The van der Waals surface area contributed by atoms with Crippen LogP contribution in [0.1, 0.15) is 5.69 Å². The SMILES string of the molecule is FC(F)(F)N1CCN(Cc2cc(-c3ccccc3)ccn2)CC1. The van der Waals surface area contributed by atoms with E-state index in [1.54, 1.807) is 6.20 Å². The van der Waals surface area contributed by atoms with E-state index in [0.29, 0.717) is 24.5 Å². The van der Waals surface area contributed by atoms with Gasteiger partial charge in [-0.25, -0.2) is 4.90 Å². The summed E-state index contributed by atoms with van der Waals surface area (Å²) in [6, 6.07) is 13.9. The van der Waals surface area contributed by atoms with Crippen molar-refractivity contribution >= 4 is 0 Å². The molecule has 0 N–H and O–H groups in total. The molecule has 23 heavy (non-hydrogen) atoms. The Hall–Kier alpha value is -1.92. The summed E-state index contributed by atoms with van der Waals surface area (Å²) in [6.07, 6.45) is -2.47. The van der Waals surface area contributed by atoms with Crippen LogP contribution >= 0.6 is 0 Å². The molecule has 3 nitrogen and oxygen atoms in total. The fourth-order valence-electron chi connectivity index (χ4n) is 2.76. The highest BCUT2D eigenvalue weighted by Crippen LogP contribution is 2.23. The van der Waals surface area contributed by atoms with E-state index in [2.05, 4.69) is 4.98 Å². The van der Waals surface area contributed by atoms with Crippen molar-refractivity contribution in [3.8, 4) is 11.1 Å². The van der Waals surface area contributed by atoms with Gasteiger partial charge in [-0.2, -0.15) is 13.2 Å². The van der Waals surface area contributed by atoms with Crippen LogP contribution < -0.4 is 0 Å². The molecule has 3 rings (SSSR count). The Morgan fingerprint density at radius 1 is 0.913 bits per heavy atom. The number of piperazine rings is 1. The van der Waals surface area contributed by atoms with Crippen LogP contribution in [-0.2, 0) is 6.54 Å². The summed E-state index contributed by atoms with van der Waals surface area (Å²) in [5.41, 5.74) is 3.06. The number of benzene rings is 1. The minimum absolute atomic E-state index is 0.0157. The average molecular weight is 321 g/mol. The molecule has 0 aliphatic carbocycles. The molecule has 0 atom stereocenters. The zero-order valence-corrected chi connectivity index (χ0v) is 12.6. The molecule has 0 saturated carbocycles. The largest absolute Gasteiger partial charge is 0.460 e. The van der Waals surface area contributed by atoms with E-state index in [1.165, 1.54) is 0 Å². The summed E-state index contributed by atoms with van der Waals surface area (Å²) in [6.45, 7) is 1.41. The van der Waals surface area contributed by atoms with E-state index >= 15 is 0 Å². The van der Waals surface area contributed by atoms with Crippen molar-refractivity contribution in [1.29, 1.82) is 0 Å². The monoisotopic (exact) mass is 321 g/mol. The Morgan fingerprint density at radius 2 is 1.61 bits per heavy atom. The third kappa shape index (κ3) is 4.09. The van der Waals surface area contributed by atoms with Crippen LogP contribution in [0.2, 0.25) is 0 Å². The lowest BCUT2D eigenvalue weighted by atomic mass is 10.1. The average Bonchev–Trinajstić information content (AvgIpc) is 2.56. The maximum absolute atomic E-state index is 12.6. The first-order valence-corrected chi connectivity index (χ1v) is 7.57. The highest BCUT2D eigenvalue weighted by atomic mass is 19.4. The molecule has 122 valence electrons. The number of hydrogen-bond donors (Lipinski definition) is 0. The Bertz CT molecular complexity index is 635. The molecule has 0 spiro atoms. The van der Waals surface area contributed by atoms with Gasteiger partial charge in [0.2, 0.25) is 0 Å². The van der Waals surface area contributed by atoms with E-state index < -0.39 is 6.30 Å². The number of pyridine rings is 1. The Kier molecular flexibility index (Phi) is 4.63. The second kappa shape index (κ2) is 6.68. The van der Waals surface area contributed by atoms with Crippen LogP contribution in [0.25, 0.3) is 11.1 Å². The molecule has 0 unspecified atom stereocenters. The van der Waals surface area contributed by atoms with Gasteiger partial charge in [0.05, 0.1) is 5.69 Å². The van der Waals surface area contributed by atoms with Crippen LogP contribution in [-0.4, -0.2) is 47.3 Å². The predicted molar refractivity (Wildman–Crippen MR) is 82.6 cm³/mol. The van der Waals surface area contributed by atoms with Gasteiger partial charge in [-0.3, -0.25) is 9.88 Å². The van der Waals surface area contributed by atoms with Gasteiger partial charge in [0.1, 0.15) is 0 Å². The van der Waals surface area contributed by atoms with Gasteiger partial charge >= 0.3 is 6.30 Å². The molecular weight excluding hydrogens is 303 g/mol. The molecule has 6 heteroatoms. The van der Waals surface area contributed by atoms with Crippen LogP contribution in [0.3, 0.4) is 0 Å². The van der Waals surface area contributed by atoms with Gasteiger partial charge in [-0.15, -0.1) is 0 Å². The quantitative estimate of drug-likeness (QED) is 0.808. The van der Waals surface area contributed by atoms with E-state index in [9.17, 15) is 13.2 Å². The smallest absolute Gasteiger partial charge is 0.295 e. The molecular formula is C17H18F3N3. The third-order valence-electron chi connectivity index (χ3n) is 4.04. The second-order valence-electron chi connectivity index (χ2n) is 5.63. The standard InChI is InChI=1S/C17H18F3N3/c18-17(19,20)23-10-8-22(9-11-23)13-16-12-15(6-7-21-16)14-4-2-1-3-5-14/h1-7,12H,8-11,13H2. The molecule has 1 aliphatic heterocycles. The van der Waals surface area contributed by atoms with Crippen LogP contribution in [0.15, 0.2) is 48.7 Å². The summed E-state index contributed by atoms with van der Waals surface area (Å²) < 4.78 is 37.9. The van der Waals surface area contributed by atoms with Gasteiger partial charge in [-0.1, -0.05) is 30.3 Å². The first-order chi connectivity index (χ1) is 11.0. The lowest BCUT2D eigenvalue weighted by Crippen LogP contribution is -2.51. The first kappa shape index (κ1) is 16.0. The molecule has 2 aromatic rings. The van der Waals surface area contributed by atoms with Gasteiger partial charge in [0.25, 0.3) is 0 Å². The lowest BCUT2D eigenvalue weighted by molar-refractivity contribution is -0.252. The van der Waals surface area contributed by atoms with Gasteiger partial charge in [0, 0.05) is 38.9 Å². The summed E-state index contributed by atoms with van der Waals surface area (Å²) >= 11 is 0. The van der Waals surface area contributed by atoms with Gasteiger partial charge in [-0.05, 0) is 23.3 Å². The fraction of sp³-hybridized carbons (Fsp3) is 0.353. The molecule has 0 radical (unpaired) electrons. The highest BCUT2D eigenvalue weighted by molar-refractivity contribution is 5.63. The fourth-order valence-corrected chi connectivity index (χ4v) is 2.76. The Balaban J connectivity index is 1.64. The zero-order valence-electron chi connectivity index (χ0n) is 12.6. The normalized spacial score (nSPS) is 17.3. The minimum atomic E-state index is -4.22. The molecule has 1 aromatic carbocycles. The summed E-state index contributed by atoms with van der Waals surface area (Å²) in [4.78, 5) is 6.93. The first-order valence-electron chi connectivity index (χ1n) is 7.57. The van der Waals surface area contributed by atoms with Crippen molar-refractivity contribution in [2.75, 3.05) is 26.2 Å². The minimum Gasteiger partial charge on any atom is -0.295 e. The molecule has 0 amide bonds. The number of hydrogen-bond acceptors (Lipinski definition) is 3. The Morgan fingerprint density at radius 3 is 2.26 bits per heavy atom. The van der Waals surface area contributed by atoms with E-state index in [4.69, 9.17) is 0 Å². The summed E-state index contributed by atoms with van der Waals surface area (Å²) in [5.74, 6) is 0. The molecule has 2 heterocycles. The lowest BCUT2D eigenvalue weighted by Gasteiger charge is -2.35. The number of aromatic nitrogens is 1. The molecule has 1 saturated heterocycles. The molecule has 1 aromatic heterocycles. The van der Waals surface area contributed by atoms with Crippen LogP contribution in [0.5, 0.6) is 0 Å². The van der Waals surface area contributed by atoms with Crippen molar-refractivity contribution in [2.45, 2.75) is 12.8 Å². The molecule has 1 aliphatic rings. The number of alkyl halides is 3. The number of nitrogens with zero attached hydrogens (tertiary/aromatic N) is 3. The van der Waals surface area contributed by atoms with E-state index in [0.717, 1.165) is 16.8 Å². The highest BCUT2D eigenvalue weighted by Gasteiger charge is 2.38. The van der Waals surface area contributed by atoms with Crippen molar-refractivity contribution in [2.24, 2.45) is 0 Å².